The van der Waals surface area contributed by atoms with Crippen molar-refractivity contribution >= 4 is 15.7 Å². The number of hydrogen-bond donors (Lipinski definition) is 2. The Bertz CT molecular complexity index is 774. The van der Waals surface area contributed by atoms with Crippen molar-refractivity contribution in [3.63, 3.8) is 0 Å². The molecule has 0 saturated heterocycles. The normalized spacial score (nSPS) is 11.5. The number of imidazole rings is 1. The van der Waals surface area contributed by atoms with Crippen molar-refractivity contribution in [2.75, 3.05) is 0 Å². The summed E-state index contributed by atoms with van der Waals surface area (Å²) in [6.45, 7) is 1.24. The Morgan fingerprint density at radius 1 is 1.48 bits per heavy atom. The molecule has 0 bridgehead atoms. The molecule has 1 heterocycles. The number of nitro groups is 1. The number of hydrogen-bond acceptors (Lipinski definition) is 5. The summed E-state index contributed by atoms with van der Waals surface area (Å²) in [5.74, 6) is -0.699. The van der Waals surface area contributed by atoms with E-state index in [0.717, 1.165) is 6.07 Å². The molecule has 1 aromatic heterocycles. The second kappa shape index (κ2) is 5.58. The molecule has 0 saturated carbocycles. The molecule has 112 valence electrons. The van der Waals surface area contributed by atoms with Gasteiger partial charge in [-0.05, 0) is 18.6 Å². The molecule has 8 nitrogen and oxygen atoms in total. The number of nitro benzene ring substituents is 1. The topological polar surface area (TPSA) is 118 Å². The predicted octanol–water partition coefficient (Wildman–Crippen LogP) is 1.24. The molecule has 2 N–H and O–H groups in total. The molecular formula is C11H11FN4O4S. The fourth-order valence-electron chi connectivity index (χ4n) is 1.71. The van der Waals surface area contributed by atoms with Gasteiger partial charge in [0.2, 0.25) is 15.8 Å². The lowest BCUT2D eigenvalue weighted by Gasteiger charge is -2.08. The molecule has 10 heteroatoms. The molecule has 0 aliphatic heterocycles. The average molecular weight is 314 g/mol. The van der Waals surface area contributed by atoms with Crippen molar-refractivity contribution < 1.29 is 17.7 Å². The minimum atomic E-state index is -4.02. The Hall–Kier alpha value is -2.33. The molecular weight excluding hydrogens is 303 g/mol. The Labute approximate surface area is 119 Å². The number of aromatic amines is 1. The molecule has 0 aliphatic rings. The lowest BCUT2D eigenvalue weighted by Crippen LogP contribution is -2.24. The number of nitrogens with one attached hydrogen (secondary N) is 2. The molecule has 2 aromatic rings. The van der Waals surface area contributed by atoms with Crippen LogP contribution in [0.1, 0.15) is 11.4 Å². The summed E-state index contributed by atoms with van der Waals surface area (Å²) >= 11 is 0. The molecule has 0 atom stereocenters. The minimum absolute atomic E-state index is 0.0741. The van der Waals surface area contributed by atoms with Gasteiger partial charge in [-0.1, -0.05) is 0 Å². The van der Waals surface area contributed by atoms with E-state index in [2.05, 4.69) is 14.7 Å². The lowest BCUT2D eigenvalue weighted by atomic mass is 10.2. The number of nitrogens with zero attached hydrogens (tertiary/aromatic N) is 2. The number of halogens is 1. The maximum atomic E-state index is 13.4. The first-order valence-corrected chi connectivity index (χ1v) is 7.22. The van der Waals surface area contributed by atoms with Crippen LogP contribution < -0.4 is 4.72 Å². The Morgan fingerprint density at radius 2 is 2.19 bits per heavy atom. The van der Waals surface area contributed by atoms with Crippen molar-refractivity contribution in [2.24, 2.45) is 0 Å². The van der Waals surface area contributed by atoms with E-state index in [1.807, 2.05) is 0 Å². The molecule has 0 unspecified atom stereocenters. The van der Waals surface area contributed by atoms with Gasteiger partial charge in [0.1, 0.15) is 5.82 Å². The number of aromatic nitrogens is 2. The standard InChI is InChI=1S/C11H11FN4O4S/c1-7-4-8(12)9(16(17)18)5-10(7)21(19,20)15-6-11-13-2-3-14-11/h2-5,15H,6H2,1H3,(H,13,14). The second-order valence-electron chi connectivity index (χ2n) is 4.19. The third-order valence-corrected chi connectivity index (χ3v) is 4.26. The van der Waals surface area contributed by atoms with E-state index in [-0.39, 0.29) is 17.0 Å². The maximum absolute atomic E-state index is 13.4. The van der Waals surface area contributed by atoms with Crippen LogP contribution in [0.3, 0.4) is 0 Å². The first-order valence-electron chi connectivity index (χ1n) is 5.73. The Morgan fingerprint density at radius 3 is 2.76 bits per heavy atom. The summed E-state index contributed by atoms with van der Waals surface area (Å²) in [6.07, 6.45) is 2.98. The van der Waals surface area contributed by atoms with Crippen LogP contribution in [0.5, 0.6) is 0 Å². The van der Waals surface area contributed by atoms with Crippen LogP contribution in [0.2, 0.25) is 0 Å². The van der Waals surface area contributed by atoms with Gasteiger partial charge >= 0.3 is 5.69 Å². The average Bonchev–Trinajstić information content (AvgIpc) is 2.88. The first-order chi connectivity index (χ1) is 9.81. The van der Waals surface area contributed by atoms with E-state index in [1.165, 1.54) is 19.3 Å². The van der Waals surface area contributed by atoms with Gasteiger partial charge in [0.05, 0.1) is 16.4 Å². The van der Waals surface area contributed by atoms with E-state index >= 15 is 0 Å². The van der Waals surface area contributed by atoms with Gasteiger partial charge in [0.25, 0.3) is 0 Å². The number of aryl methyl sites for hydroxylation is 1. The molecule has 2 rings (SSSR count). The fraction of sp³-hybridized carbons (Fsp3) is 0.182. The highest BCUT2D eigenvalue weighted by Crippen LogP contribution is 2.25. The van der Waals surface area contributed by atoms with Crippen molar-refractivity contribution in [2.45, 2.75) is 18.4 Å². The van der Waals surface area contributed by atoms with Gasteiger partial charge in [-0.2, -0.15) is 4.39 Å². The number of benzene rings is 1. The van der Waals surface area contributed by atoms with Crippen LogP contribution >= 0.6 is 0 Å². The molecule has 1 aromatic carbocycles. The van der Waals surface area contributed by atoms with Crippen LogP contribution in [0.4, 0.5) is 10.1 Å². The van der Waals surface area contributed by atoms with E-state index in [4.69, 9.17) is 0 Å². The third-order valence-electron chi connectivity index (χ3n) is 2.72. The van der Waals surface area contributed by atoms with Gasteiger partial charge in [-0.3, -0.25) is 10.1 Å². The smallest absolute Gasteiger partial charge is 0.306 e. The summed E-state index contributed by atoms with van der Waals surface area (Å²) in [4.78, 5) is 15.9. The molecule has 0 radical (unpaired) electrons. The minimum Gasteiger partial charge on any atom is -0.347 e. The van der Waals surface area contributed by atoms with Crippen LogP contribution in [0.25, 0.3) is 0 Å². The van der Waals surface area contributed by atoms with Gasteiger partial charge in [0.15, 0.2) is 0 Å². The summed E-state index contributed by atoms with van der Waals surface area (Å²) < 4.78 is 39.9. The van der Waals surface area contributed by atoms with E-state index in [0.29, 0.717) is 11.9 Å². The van der Waals surface area contributed by atoms with Gasteiger partial charge in [0, 0.05) is 18.5 Å². The van der Waals surface area contributed by atoms with Crippen molar-refractivity contribution in [3.05, 3.63) is 51.8 Å². The zero-order valence-electron chi connectivity index (χ0n) is 10.8. The predicted molar refractivity (Wildman–Crippen MR) is 70.4 cm³/mol. The second-order valence-corrected chi connectivity index (χ2v) is 5.92. The first kappa shape index (κ1) is 15.1. The monoisotopic (exact) mass is 314 g/mol. The highest BCUT2D eigenvalue weighted by atomic mass is 32.2. The third kappa shape index (κ3) is 3.23. The van der Waals surface area contributed by atoms with Gasteiger partial charge < -0.3 is 4.98 Å². The van der Waals surface area contributed by atoms with E-state index < -0.39 is 26.5 Å². The van der Waals surface area contributed by atoms with E-state index in [9.17, 15) is 22.9 Å². The lowest BCUT2D eigenvalue weighted by molar-refractivity contribution is -0.387. The van der Waals surface area contributed by atoms with Gasteiger partial charge in [-0.15, -0.1) is 0 Å². The SMILES string of the molecule is Cc1cc(F)c([N+](=O)[O-])cc1S(=O)(=O)NCc1ncc[nH]1. The van der Waals surface area contributed by atoms with Crippen molar-refractivity contribution in [3.8, 4) is 0 Å². The van der Waals surface area contributed by atoms with Crippen LogP contribution in [-0.4, -0.2) is 23.3 Å². The summed E-state index contributed by atoms with van der Waals surface area (Å²) in [5, 5.41) is 10.7. The fourth-order valence-corrected chi connectivity index (χ4v) is 2.94. The highest BCUT2D eigenvalue weighted by molar-refractivity contribution is 7.89. The van der Waals surface area contributed by atoms with Crippen LogP contribution in [-0.2, 0) is 16.6 Å². The molecule has 0 spiro atoms. The molecule has 0 amide bonds. The molecule has 0 fully saturated rings. The van der Waals surface area contributed by atoms with Gasteiger partial charge in [-0.25, -0.2) is 18.1 Å². The number of H-pyrrole nitrogens is 1. The highest BCUT2D eigenvalue weighted by Gasteiger charge is 2.24. The van der Waals surface area contributed by atoms with Crippen molar-refractivity contribution in [1.29, 1.82) is 0 Å². The summed E-state index contributed by atoms with van der Waals surface area (Å²) in [6, 6.07) is 1.52. The number of sulfonamides is 1. The van der Waals surface area contributed by atoms with Crippen LogP contribution in [0, 0.1) is 22.9 Å². The Balaban J connectivity index is 2.35. The van der Waals surface area contributed by atoms with E-state index in [1.54, 1.807) is 0 Å². The summed E-state index contributed by atoms with van der Waals surface area (Å²) in [5.41, 5.74) is -0.816. The number of rotatable bonds is 5. The van der Waals surface area contributed by atoms with Crippen molar-refractivity contribution in [1.82, 2.24) is 14.7 Å². The zero-order chi connectivity index (χ0) is 15.6. The van der Waals surface area contributed by atoms with Crippen LogP contribution in [0.15, 0.2) is 29.4 Å². The maximum Gasteiger partial charge on any atom is 0.306 e. The summed E-state index contributed by atoms with van der Waals surface area (Å²) in [7, 11) is -4.02. The quantitative estimate of drug-likeness (QED) is 0.636. The Kier molecular flexibility index (Phi) is 4.00. The zero-order valence-corrected chi connectivity index (χ0v) is 11.6. The molecule has 0 aliphatic carbocycles. The largest absolute Gasteiger partial charge is 0.347 e. The molecule has 21 heavy (non-hydrogen) atoms.